The van der Waals surface area contributed by atoms with Crippen LogP contribution in [0.3, 0.4) is 0 Å². The summed E-state index contributed by atoms with van der Waals surface area (Å²) >= 11 is 5.26. The second-order valence-corrected chi connectivity index (χ2v) is 6.71. The smallest absolute Gasteiger partial charge is 0.0669 e. The molecule has 94 valence electrons. The third-order valence-corrected chi connectivity index (χ3v) is 4.92. The molecule has 1 heterocycles. The zero-order chi connectivity index (χ0) is 12.9. The van der Waals surface area contributed by atoms with Crippen LogP contribution in [0.5, 0.6) is 0 Å². The molecule has 0 aliphatic carbocycles. The average Bonchev–Trinajstić information content (AvgIpc) is 2.72. The van der Waals surface area contributed by atoms with Crippen molar-refractivity contribution in [1.82, 2.24) is 5.32 Å². The van der Waals surface area contributed by atoms with Gasteiger partial charge in [-0.25, -0.2) is 0 Å². The minimum atomic E-state index is 0.116. The van der Waals surface area contributed by atoms with Gasteiger partial charge in [-0.15, -0.1) is 11.3 Å². The molecule has 2 nitrogen and oxygen atoms in total. The first-order chi connectivity index (χ1) is 7.99. The van der Waals surface area contributed by atoms with E-state index in [1.807, 2.05) is 0 Å². The van der Waals surface area contributed by atoms with Crippen LogP contribution in [-0.4, -0.2) is 13.1 Å². The summed E-state index contributed by atoms with van der Waals surface area (Å²) in [7, 11) is 0. The van der Waals surface area contributed by atoms with E-state index in [0.29, 0.717) is 0 Å². The van der Waals surface area contributed by atoms with Gasteiger partial charge in [-0.3, -0.25) is 0 Å². The van der Waals surface area contributed by atoms with E-state index < -0.39 is 0 Å². The van der Waals surface area contributed by atoms with Crippen LogP contribution in [0, 0.1) is 17.2 Å². The summed E-state index contributed by atoms with van der Waals surface area (Å²) in [5.41, 5.74) is 0.116. The monoisotopic (exact) mass is 314 g/mol. The highest BCUT2D eigenvalue weighted by Crippen LogP contribution is 2.30. The Morgan fingerprint density at radius 2 is 2.29 bits per heavy atom. The summed E-state index contributed by atoms with van der Waals surface area (Å²) in [4.78, 5) is 1.36. The lowest BCUT2D eigenvalue weighted by Gasteiger charge is -2.24. The zero-order valence-electron chi connectivity index (χ0n) is 10.6. The van der Waals surface area contributed by atoms with Crippen molar-refractivity contribution in [2.75, 3.05) is 13.1 Å². The lowest BCUT2D eigenvalue weighted by atomic mass is 9.91. The molecule has 1 atom stereocenters. The lowest BCUT2D eigenvalue weighted by Crippen LogP contribution is -2.34. The summed E-state index contributed by atoms with van der Waals surface area (Å²) in [6.45, 7) is 8.19. The molecule has 0 saturated carbocycles. The Balaban J connectivity index is 2.48. The normalized spacial score (nSPS) is 13.4. The molecule has 4 heteroatoms. The largest absolute Gasteiger partial charge is 0.315 e. The van der Waals surface area contributed by atoms with Crippen molar-refractivity contribution in [3.05, 3.63) is 20.8 Å². The molecule has 0 radical (unpaired) electrons. The van der Waals surface area contributed by atoms with Gasteiger partial charge in [0.05, 0.1) is 12.0 Å². The van der Waals surface area contributed by atoms with E-state index in [-0.39, 0.29) is 11.3 Å². The maximum Gasteiger partial charge on any atom is 0.0669 e. The van der Waals surface area contributed by atoms with E-state index in [2.05, 4.69) is 59.5 Å². The SMILES string of the molecule is CCC(C#N)CNCC(C)(C)c1cc(Br)cs1. The Morgan fingerprint density at radius 3 is 2.76 bits per heavy atom. The quantitative estimate of drug-likeness (QED) is 0.863. The fraction of sp³-hybridized carbons (Fsp3) is 0.615. The molecule has 1 N–H and O–H groups in total. The Kier molecular flexibility index (Phi) is 5.64. The zero-order valence-corrected chi connectivity index (χ0v) is 13.0. The third-order valence-electron chi connectivity index (χ3n) is 2.87. The Morgan fingerprint density at radius 1 is 1.59 bits per heavy atom. The maximum atomic E-state index is 8.88. The first kappa shape index (κ1) is 14.7. The molecule has 1 aromatic rings. The number of nitrogens with zero attached hydrogens (tertiary/aromatic N) is 1. The molecule has 0 aromatic carbocycles. The Bertz CT molecular complexity index is 392. The summed E-state index contributed by atoms with van der Waals surface area (Å²) in [6, 6.07) is 4.49. The number of nitriles is 1. The van der Waals surface area contributed by atoms with Gasteiger partial charge >= 0.3 is 0 Å². The van der Waals surface area contributed by atoms with Gasteiger partial charge in [0.25, 0.3) is 0 Å². The van der Waals surface area contributed by atoms with Crippen LogP contribution in [-0.2, 0) is 5.41 Å². The van der Waals surface area contributed by atoms with Crippen molar-refractivity contribution >= 4 is 27.3 Å². The average molecular weight is 315 g/mol. The molecule has 1 rings (SSSR count). The third kappa shape index (κ3) is 4.42. The van der Waals surface area contributed by atoms with E-state index in [9.17, 15) is 0 Å². The van der Waals surface area contributed by atoms with Crippen LogP contribution in [0.2, 0.25) is 0 Å². The molecule has 1 unspecified atom stereocenters. The van der Waals surface area contributed by atoms with Gasteiger partial charge < -0.3 is 5.32 Å². The van der Waals surface area contributed by atoms with Crippen molar-refractivity contribution < 1.29 is 0 Å². The number of hydrogen-bond acceptors (Lipinski definition) is 3. The number of thiophene rings is 1. The van der Waals surface area contributed by atoms with Crippen LogP contribution in [0.25, 0.3) is 0 Å². The molecule has 0 aliphatic heterocycles. The molecule has 17 heavy (non-hydrogen) atoms. The number of rotatable bonds is 6. The highest BCUT2D eigenvalue weighted by Gasteiger charge is 2.22. The van der Waals surface area contributed by atoms with Gasteiger partial charge in [-0.1, -0.05) is 20.8 Å². The molecule has 0 saturated heterocycles. The lowest BCUT2D eigenvalue weighted by molar-refractivity contribution is 0.450. The fourth-order valence-corrected chi connectivity index (χ4v) is 3.15. The van der Waals surface area contributed by atoms with Crippen LogP contribution in [0.1, 0.15) is 32.1 Å². The summed E-state index contributed by atoms with van der Waals surface area (Å²) < 4.78 is 1.15. The molecule has 0 spiro atoms. The van der Waals surface area contributed by atoms with Gasteiger partial charge in [0.2, 0.25) is 0 Å². The molecule has 0 bridgehead atoms. The van der Waals surface area contributed by atoms with E-state index >= 15 is 0 Å². The molecule has 1 aromatic heterocycles. The summed E-state index contributed by atoms with van der Waals surface area (Å²) in [5, 5.41) is 14.4. The van der Waals surface area contributed by atoms with E-state index in [0.717, 1.165) is 24.0 Å². The van der Waals surface area contributed by atoms with Gasteiger partial charge in [0.1, 0.15) is 0 Å². The predicted molar refractivity (Wildman–Crippen MR) is 77.3 cm³/mol. The summed E-state index contributed by atoms with van der Waals surface area (Å²) in [6.07, 6.45) is 0.911. The Hall–Kier alpha value is -0.370. The van der Waals surface area contributed by atoms with Gasteiger partial charge in [-0.2, -0.15) is 5.26 Å². The first-order valence-corrected chi connectivity index (χ1v) is 7.51. The van der Waals surface area contributed by atoms with Crippen molar-refractivity contribution in [3.8, 4) is 6.07 Å². The van der Waals surface area contributed by atoms with Crippen LogP contribution in [0.15, 0.2) is 15.9 Å². The molecular weight excluding hydrogens is 296 g/mol. The topological polar surface area (TPSA) is 35.8 Å². The van der Waals surface area contributed by atoms with E-state index in [1.165, 1.54) is 4.88 Å². The van der Waals surface area contributed by atoms with Gasteiger partial charge in [-0.05, 0) is 28.4 Å². The summed E-state index contributed by atoms with van der Waals surface area (Å²) in [5.74, 6) is 0.126. The fourth-order valence-electron chi connectivity index (χ4n) is 1.60. The van der Waals surface area contributed by atoms with Crippen molar-refractivity contribution in [2.24, 2.45) is 5.92 Å². The Labute approximate surface area is 116 Å². The molecule has 0 fully saturated rings. The molecule has 0 amide bonds. The van der Waals surface area contributed by atoms with Crippen molar-refractivity contribution in [2.45, 2.75) is 32.6 Å². The van der Waals surface area contributed by atoms with Crippen LogP contribution >= 0.6 is 27.3 Å². The maximum absolute atomic E-state index is 8.88. The molecule has 0 aliphatic rings. The molecular formula is C13H19BrN2S. The van der Waals surface area contributed by atoms with Gasteiger partial charge in [0.15, 0.2) is 0 Å². The standard InChI is InChI=1S/C13H19BrN2S/c1-4-10(6-15)7-16-9-13(2,3)12-5-11(14)8-17-12/h5,8,10,16H,4,7,9H2,1-3H3. The number of hydrogen-bond donors (Lipinski definition) is 1. The van der Waals surface area contributed by atoms with Crippen LogP contribution < -0.4 is 5.32 Å². The van der Waals surface area contributed by atoms with E-state index in [1.54, 1.807) is 11.3 Å². The first-order valence-electron chi connectivity index (χ1n) is 5.84. The van der Waals surface area contributed by atoms with Crippen molar-refractivity contribution in [1.29, 1.82) is 5.26 Å². The number of nitrogens with one attached hydrogen (secondary N) is 1. The minimum absolute atomic E-state index is 0.116. The minimum Gasteiger partial charge on any atom is -0.315 e. The highest BCUT2D eigenvalue weighted by atomic mass is 79.9. The highest BCUT2D eigenvalue weighted by molar-refractivity contribution is 9.10. The predicted octanol–water partition coefficient (Wildman–Crippen LogP) is 3.93. The second kappa shape index (κ2) is 6.53. The van der Waals surface area contributed by atoms with Crippen LogP contribution in [0.4, 0.5) is 0 Å². The van der Waals surface area contributed by atoms with Crippen molar-refractivity contribution in [3.63, 3.8) is 0 Å². The second-order valence-electron chi connectivity index (χ2n) is 4.88. The van der Waals surface area contributed by atoms with Gasteiger partial charge in [0, 0.05) is 33.2 Å². The number of halogens is 1. The van der Waals surface area contributed by atoms with E-state index in [4.69, 9.17) is 5.26 Å².